The summed E-state index contributed by atoms with van der Waals surface area (Å²) in [6.45, 7) is 2.49. The highest BCUT2D eigenvalue weighted by molar-refractivity contribution is 5.76. The quantitative estimate of drug-likeness (QED) is 0.557. The molecule has 1 rings (SSSR count). The first-order valence-electron chi connectivity index (χ1n) is 5.99. The van der Waals surface area contributed by atoms with Gasteiger partial charge in [-0.1, -0.05) is 13.3 Å². The van der Waals surface area contributed by atoms with Crippen LogP contribution in [0.3, 0.4) is 0 Å². The number of aromatic nitrogens is 2. The summed E-state index contributed by atoms with van der Waals surface area (Å²) in [4.78, 5) is 23.8. The van der Waals surface area contributed by atoms with Crippen LogP contribution < -0.4 is 11.2 Å². The van der Waals surface area contributed by atoms with Gasteiger partial charge in [0.05, 0.1) is 11.9 Å². The van der Waals surface area contributed by atoms with Crippen molar-refractivity contribution in [2.45, 2.75) is 26.3 Å². The van der Waals surface area contributed by atoms with Crippen LogP contribution in [0.2, 0.25) is 0 Å². The molecule has 18 heavy (non-hydrogen) atoms. The zero-order valence-electron chi connectivity index (χ0n) is 11.4. The van der Waals surface area contributed by atoms with Crippen LogP contribution in [0, 0.1) is 0 Å². The highest BCUT2D eigenvalue weighted by Crippen LogP contribution is 1.91. The van der Waals surface area contributed by atoms with E-state index in [-0.39, 0.29) is 11.2 Å². The van der Waals surface area contributed by atoms with Gasteiger partial charge in [-0.2, -0.15) is 5.10 Å². The van der Waals surface area contributed by atoms with Crippen molar-refractivity contribution in [2.24, 2.45) is 12.1 Å². The van der Waals surface area contributed by atoms with Crippen LogP contribution in [0.1, 0.15) is 25.5 Å². The number of hydrazone groups is 1. The Hall–Kier alpha value is -1.85. The topological polar surface area (TPSA) is 59.6 Å². The summed E-state index contributed by atoms with van der Waals surface area (Å²) < 4.78 is 2.70. The summed E-state index contributed by atoms with van der Waals surface area (Å²) in [5, 5.41) is 5.63. The standard InChI is InChI=1S/C12H20N4O2/c1-5-6-7-16-11(17)8-10(9-13-14(2)3)15(4)12(16)18/h8-9H,5-7H2,1-4H3. The third kappa shape index (κ3) is 3.32. The minimum atomic E-state index is -0.295. The van der Waals surface area contributed by atoms with Crippen LogP contribution in [-0.4, -0.2) is 34.5 Å². The Bertz CT molecular complexity index is 540. The van der Waals surface area contributed by atoms with E-state index in [2.05, 4.69) is 5.10 Å². The molecule has 0 unspecified atom stereocenters. The third-order valence-electron chi connectivity index (χ3n) is 2.60. The molecule has 1 heterocycles. The first kappa shape index (κ1) is 14.2. The van der Waals surface area contributed by atoms with Crippen molar-refractivity contribution in [1.82, 2.24) is 14.1 Å². The minimum Gasteiger partial charge on any atom is -0.303 e. The first-order chi connectivity index (χ1) is 8.47. The normalized spacial score (nSPS) is 11.1. The molecule has 0 spiro atoms. The Morgan fingerprint density at radius 1 is 1.39 bits per heavy atom. The second-order valence-electron chi connectivity index (χ2n) is 4.35. The molecule has 0 saturated heterocycles. The van der Waals surface area contributed by atoms with Gasteiger partial charge in [0.2, 0.25) is 0 Å². The molecule has 0 radical (unpaired) electrons. The highest BCUT2D eigenvalue weighted by Gasteiger charge is 2.06. The number of hydrogen-bond donors (Lipinski definition) is 0. The molecule has 6 heteroatoms. The smallest absolute Gasteiger partial charge is 0.303 e. The van der Waals surface area contributed by atoms with E-state index in [9.17, 15) is 9.59 Å². The molecule has 0 aromatic carbocycles. The lowest BCUT2D eigenvalue weighted by Gasteiger charge is -2.09. The van der Waals surface area contributed by atoms with Gasteiger partial charge in [0.25, 0.3) is 5.56 Å². The van der Waals surface area contributed by atoms with Gasteiger partial charge in [-0.25, -0.2) is 4.79 Å². The van der Waals surface area contributed by atoms with Gasteiger partial charge in [0.1, 0.15) is 0 Å². The second-order valence-corrected chi connectivity index (χ2v) is 4.35. The molecule has 0 aliphatic rings. The number of unbranched alkanes of at least 4 members (excludes halogenated alkanes) is 1. The molecule has 0 atom stereocenters. The van der Waals surface area contributed by atoms with Crippen molar-refractivity contribution in [3.63, 3.8) is 0 Å². The van der Waals surface area contributed by atoms with E-state index in [4.69, 9.17) is 0 Å². The molecular weight excluding hydrogens is 232 g/mol. The maximum atomic E-state index is 12.0. The van der Waals surface area contributed by atoms with Crippen molar-refractivity contribution in [3.05, 3.63) is 32.6 Å². The van der Waals surface area contributed by atoms with Crippen molar-refractivity contribution >= 4 is 6.21 Å². The third-order valence-corrected chi connectivity index (χ3v) is 2.60. The predicted octanol–water partition coefficient (Wildman–Crippen LogP) is 0.243. The SMILES string of the molecule is CCCCn1c(=O)cc(C=NN(C)C)n(C)c1=O. The Balaban J connectivity index is 3.20. The van der Waals surface area contributed by atoms with Gasteiger partial charge in [-0.3, -0.25) is 13.9 Å². The average Bonchev–Trinajstić information content (AvgIpc) is 2.32. The molecule has 0 aliphatic heterocycles. The summed E-state index contributed by atoms with van der Waals surface area (Å²) in [6, 6.07) is 1.43. The molecule has 0 N–H and O–H groups in total. The fourth-order valence-electron chi connectivity index (χ4n) is 1.51. The zero-order chi connectivity index (χ0) is 13.7. The zero-order valence-corrected chi connectivity index (χ0v) is 11.4. The molecule has 0 amide bonds. The second kappa shape index (κ2) is 6.18. The molecule has 0 aliphatic carbocycles. The van der Waals surface area contributed by atoms with E-state index in [0.29, 0.717) is 12.2 Å². The summed E-state index contributed by atoms with van der Waals surface area (Å²) >= 11 is 0. The Morgan fingerprint density at radius 3 is 2.61 bits per heavy atom. The summed E-state index contributed by atoms with van der Waals surface area (Å²) in [7, 11) is 5.19. The van der Waals surface area contributed by atoms with E-state index >= 15 is 0 Å². The summed E-state index contributed by atoms with van der Waals surface area (Å²) in [6.07, 6.45) is 3.27. The number of nitrogens with zero attached hydrogens (tertiary/aromatic N) is 4. The van der Waals surface area contributed by atoms with Gasteiger partial charge in [-0.05, 0) is 6.42 Å². The maximum Gasteiger partial charge on any atom is 0.331 e. The first-order valence-corrected chi connectivity index (χ1v) is 5.99. The van der Waals surface area contributed by atoms with Crippen LogP contribution in [0.4, 0.5) is 0 Å². The lowest BCUT2D eigenvalue weighted by atomic mass is 10.3. The van der Waals surface area contributed by atoms with E-state index < -0.39 is 0 Å². The van der Waals surface area contributed by atoms with Gasteiger partial charge in [0.15, 0.2) is 0 Å². The molecule has 100 valence electrons. The fourth-order valence-corrected chi connectivity index (χ4v) is 1.51. The van der Waals surface area contributed by atoms with Crippen molar-refractivity contribution < 1.29 is 0 Å². The predicted molar refractivity (Wildman–Crippen MR) is 72.1 cm³/mol. The van der Waals surface area contributed by atoms with Crippen LogP contribution >= 0.6 is 0 Å². The van der Waals surface area contributed by atoms with Gasteiger partial charge < -0.3 is 5.01 Å². The van der Waals surface area contributed by atoms with Crippen molar-refractivity contribution in [2.75, 3.05) is 14.1 Å². The molecule has 0 saturated carbocycles. The van der Waals surface area contributed by atoms with Gasteiger partial charge >= 0.3 is 5.69 Å². The lowest BCUT2D eigenvalue weighted by molar-refractivity contribution is 0.440. The van der Waals surface area contributed by atoms with Crippen LogP contribution in [0.25, 0.3) is 0 Å². The van der Waals surface area contributed by atoms with Gasteiger partial charge in [-0.15, -0.1) is 0 Å². The number of hydrogen-bond acceptors (Lipinski definition) is 4. The largest absolute Gasteiger partial charge is 0.331 e. The van der Waals surface area contributed by atoms with Crippen LogP contribution in [0.15, 0.2) is 20.8 Å². The molecule has 0 fully saturated rings. The average molecular weight is 252 g/mol. The van der Waals surface area contributed by atoms with E-state index in [1.54, 1.807) is 26.2 Å². The molecule has 1 aromatic rings. The monoisotopic (exact) mass is 252 g/mol. The lowest BCUT2D eigenvalue weighted by Crippen LogP contribution is -2.40. The Labute approximate surface area is 106 Å². The molecule has 0 bridgehead atoms. The van der Waals surface area contributed by atoms with E-state index in [0.717, 1.165) is 12.8 Å². The fraction of sp³-hybridized carbons (Fsp3) is 0.583. The molecule has 1 aromatic heterocycles. The van der Waals surface area contributed by atoms with Crippen molar-refractivity contribution in [1.29, 1.82) is 0 Å². The highest BCUT2D eigenvalue weighted by atomic mass is 16.2. The Morgan fingerprint density at radius 2 is 2.06 bits per heavy atom. The maximum absolute atomic E-state index is 12.0. The van der Waals surface area contributed by atoms with Crippen molar-refractivity contribution in [3.8, 4) is 0 Å². The van der Waals surface area contributed by atoms with E-state index in [1.165, 1.54) is 21.4 Å². The van der Waals surface area contributed by atoms with Crippen LogP contribution in [-0.2, 0) is 13.6 Å². The number of rotatable bonds is 5. The Kier molecular flexibility index (Phi) is 4.88. The summed E-state index contributed by atoms with van der Waals surface area (Å²) in [5.41, 5.74) is -0.0608. The van der Waals surface area contributed by atoms with Gasteiger partial charge in [0, 0.05) is 33.8 Å². The molecule has 6 nitrogen and oxygen atoms in total. The minimum absolute atomic E-state index is 0.272. The summed E-state index contributed by atoms with van der Waals surface area (Å²) in [5.74, 6) is 0. The molecular formula is C12H20N4O2. The van der Waals surface area contributed by atoms with E-state index in [1.807, 2.05) is 6.92 Å². The van der Waals surface area contributed by atoms with Crippen LogP contribution in [0.5, 0.6) is 0 Å².